The highest BCUT2D eigenvalue weighted by Crippen LogP contribution is 2.42. The van der Waals surface area contributed by atoms with Crippen molar-refractivity contribution < 1.29 is 93.4 Å². The molecular formula is C101H120F6N24O14. The first-order valence-corrected chi connectivity index (χ1v) is 50.0. The fourth-order valence-corrected chi connectivity index (χ4v) is 19.0. The molecule has 6 saturated heterocycles. The molecule has 12 aromatic rings. The van der Waals surface area contributed by atoms with Crippen molar-refractivity contribution in [3.63, 3.8) is 0 Å². The summed E-state index contributed by atoms with van der Waals surface area (Å²) in [7, 11) is 0. The number of nitrogens with one attached hydrogen (secondary N) is 4. The minimum atomic E-state index is -4.75. The highest BCUT2D eigenvalue weighted by Gasteiger charge is 2.42. The largest absolute Gasteiger partial charge is 0.490 e. The SMILES string of the molecule is O[C@@H](c1cnc(NC2CCC(Oc3cc(N4CCOCC4)cc4nccnc34)CC2)nc1)C(F)(F)F.O[C@H](c1cnc(NC2CCC(Oc3cc(N4CCOCC4)cc4nccnc34)CC2)nc1)C(F)(F)F.c1cnc2c(OC3CCC(Nc4ncc(OCC5COC5)cn4)CC3)cc(N3CCOCC3)cc2n1.c1cnc2c(OC3CCC(Nc4ncc(OCCC5COC5)cn4)CC3)cc(N3CCOCC3)cc2n1. The Morgan fingerprint density at radius 2 is 0.552 bits per heavy atom. The van der Waals surface area contributed by atoms with Crippen LogP contribution in [0.1, 0.15) is 132 Å². The van der Waals surface area contributed by atoms with Gasteiger partial charge in [0.15, 0.2) is 23.7 Å². The normalized spacial score (nSPS) is 22.2. The maximum absolute atomic E-state index is 12.7. The number of hydrogen-bond acceptors (Lipinski definition) is 38. The van der Waals surface area contributed by atoms with Crippen molar-refractivity contribution in [2.45, 2.75) is 182 Å². The first-order chi connectivity index (χ1) is 70.8. The zero-order valence-electron chi connectivity index (χ0n) is 80.4. The van der Waals surface area contributed by atoms with Crippen LogP contribution < -0.4 is 69.3 Å². The van der Waals surface area contributed by atoms with Crippen LogP contribution in [0.3, 0.4) is 0 Å². The zero-order valence-corrected chi connectivity index (χ0v) is 80.4. The molecule has 0 radical (unpaired) electrons. The Morgan fingerprint density at radius 3 is 0.800 bits per heavy atom. The third-order valence-electron chi connectivity index (χ3n) is 27.3. The minimum absolute atomic E-state index is 0.00146. The molecule has 14 heterocycles. The number of aliphatic hydroxyl groups is 2. The molecule has 6 N–H and O–H groups in total. The monoisotopic (exact) mass is 2010 g/mol. The molecule has 2 atom stereocenters. The third kappa shape index (κ3) is 27.4. The lowest BCUT2D eigenvalue weighted by atomic mass is 9.93. The van der Waals surface area contributed by atoms with E-state index in [1.165, 1.54) is 0 Å². The van der Waals surface area contributed by atoms with Gasteiger partial charge in [-0.1, -0.05) is 0 Å². The first-order valence-electron chi connectivity index (χ1n) is 50.0. The summed E-state index contributed by atoms with van der Waals surface area (Å²) >= 11 is 0. The van der Waals surface area contributed by atoms with Gasteiger partial charge < -0.3 is 108 Å². The quantitative estimate of drug-likeness (QED) is 0.0237. The predicted molar refractivity (Wildman–Crippen MR) is 526 cm³/mol. The number of ether oxygens (including phenoxy) is 12. The summed E-state index contributed by atoms with van der Waals surface area (Å²) in [6, 6.07) is 17.3. The fourth-order valence-electron chi connectivity index (χ4n) is 19.0. The van der Waals surface area contributed by atoms with Gasteiger partial charge in [-0.3, -0.25) is 19.9 Å². The summed E-state index contributed by atoms with van der Waals surface area (Å²) in [5, 5.41) is 31.9. The second kappa shape index (κ2) is 48.4. The number of halogens is 6. The summed E-state index contributed by atoms with van der Waals surface area (Å²) in [5.41, 5.74) is 9.88. The van der Waals surface area contributed by atoms with Gasteiger partial charge in [0.05, 0.1) is 164 Å². The molecule has 22 rings (SSSR count). The number of fused-ring (bicyclic) bond motifs is 4. The minimum Gasteiger partial charge on any atom is -0.490 e. The molecule has 0 bridgehead atoms. The maximum Gasteiger partial charge on any atom is 0.418 e. The van der Waals surface area contributed by atoms with E-state index in [0.29, 0.717) is 98.5 Å². The van der Waals surface area contributed by atoms with Gasteiger partial charge in [0.25, 0.3) is 0 Å². The molecule has 4 aliphatic carbocycles. The molecule has 4 saturated carbocycles. The van der Waals surface area contributed by atoms with Crippen molar-refractivity contribution >= 4 is 90.7 Å². The number of benzene rings is 4. The van der Waals surface area contributed by atoms with Crippen molar-refractivity contribution in [2.24, 2.45) is 11.8 Å². The van der Waals surface area contributed by atoms with Gasteiger partial charge >= 0.3 is 12.4 Å². The molecule has 0 amide bonds. The molecule has 0 spiro atoms. The van der Waals surface area contributed by atoms with Crippen LogP contribution >= 0.6 is 0 Å². The van der Waals surface area contributed by atoms with E-state index >= 15 is 0 Å². The molecule has 38 nitrogen and oxygen atoms in total. The number of alkyl halides is 6. The molecule has 770 valence electrons. The van der Waals surface area contributed by atoms with Crippen molar-refractivity contribution in [2.75, 3.05) is 186 Å². The van der Waals surface area contributed by atoms with Crippen molar-refractivity contribution in [3.05, 3.63) is 159 Å². The number of hydrogen-bond donors (Lipinski definition) is 6. The maximum atomic E-state index is 12.7. The molecule has 145 heavy (non-hydrogen) atoms. The fraction of sp³-hybridized carbons (Fsp3) is 0.525. The van der Waals surface area contributed by atoms with E-state index in [-0.39, 0.29) is 59.5 Å². The Labute approximate surface area is 833 Å². The van der Waals surface area contributed by atoms with Crippen molar-refractivity contribution in [1.29, 1.82) is 0 Å². The highest BCUT2D eigenvalue weighted by molar-refractivity contribution is 5.88. The Bertz CT molecular complexity index is 5930. The van der Waals surface area contributed by atoms with E-state index < -0.39 is 24.6 Å². The van der Waals surface area contributed by atoms with Crippen LogP contribution in [0.2, 0.25) is 0 Å². The third-order valence-corrected chi connectivity index (χ3v) is 27.3. The van der Waals surface area contributed by atoms with E-state index in [1.54, 1.807) is 74.4 Å². The summed E-state index contributed by atoms with van der Waals surface area (Å²) in [6.45, 7) is 16.9. The summed E-state index contributed by atoms with van der Waals surface area (Å²) in [6.07, 6.45) is 25.1. The Hall–Kier alpha value is -13.0. The molecular weight excluding hydrogens is 1890 g/mol. The smallest absolute Gasteiger partial charge is 0.418 e. The molecule has 6 aliphatic heterocycles. The van der Waals surface area contributed by atoms with E-state index in [9.17, 15) is 36.6 Å². The topological polar surface area (TPSA) is 419 Å². The van der Waals surface area contributed by atoms with Crippen LogP contribution in [0.15, 0.2) is 148 Å². The number of nitrogens with zero attached hydrogens (tertiary/aromatic N) is 20. The standard InChI is InChI=1S/C27H34N6O4.C26H32N6O4.2C24H27F3N6O3/c1-3-22(4-2-20(1)32-27-30-15-23(16-31-27)36-10-5-19-17-35-18-19)37-25-14-21(33-8-11-34-12-9-33)13-24-26(25)29-7-6-28-24;1-3-21(4-2-19(1)31-26-29-13-22(14-30-26)35-17-18-15-34-16-18)36-24-12-20(32-7-9-33-10-8-32)11-23-25(24)28-6-5-27-23;2*25-24(26,27)22(34)15-13-30-23(31-14-15)32-16-1-3-18(4-2-16)36-20-12-17(33-7-9-35-10-8-33)11-19-21(20)29-6-5-28-19/h6-7,13-16,19-20,22H,1-5,8-12,17-18H2,(H,30,31,32);5-6,11-14,18-19,21H,1-4,7-10,15-17H2,(H,29,30,31);2*5-6,11-14,16,18,22,34H,1-4,7-10H2,(H,30,31,32)/t;;2*16?,18?,22-/m..10/s1. The van der Waals surface area contributed by atoms with Crippen LogP contribution in [0.25, 0.3) is 44.1 Å². The summed E-state index contributed by atoms with van der Waals surface area (Å²) in [5.74, 6) is 7.29. The van der Waals surface area contributed by atoms with Gasteiger partial charge in [-0.05, 0) is 133 Å². The van der Waals surface area contributed by atoms with Crippen molar-refractivity contribution in [1.82, 2.24) is 79.7 Å². The lowest BCUT2D eigenvalue weighted by Gasteiger charge is -2.31. The zero-order chi connectivity index (χ0) is 99.3. The van der Waals surface area contributed by atoms with Gasteiger partial charge in [-0.15, -0.1) is 0 Å². The lowest BCUT2D eigenvalue weighted by molar-refractivity contribution is -0.207. The molecule has 0 unspecified atom stereocenters. The van der Waals surface area contributed by atoms with Gasteiger partial charge in [0, 0.05) is 221 Å². The van der Waals surface area contributed by atoms with Crippen LogP contribution in [0, 0.1) is 11.8 Å². The first kappa shape index (κ1) is 101. The van der Waals surface area contributed by atoms with E-state index in [0.717, 1.165) is 318 Å². The average molecular weight is 2010 g/mol. The molecule has 44 heteroatoms. The summed E-state index contributed by atoms with van der Waals surface area (Å²) < 4.78 is 146. The Kier molecular flexibility index (Phi) is 33.6. The summed E-state index contributed by atoms with van der Waals surface area (Å²) in [4.78, 5) is 78.8. The second-order valence-corrected chi connectivity index (χ2v) is 37.6. The van der Waals surface area contributed by atoms with Crippen LogP contribution in [-0.4, -0.2) is 296 Å². The van der Waals surface area contributed by atoms with E-state index in [2.05, 4.69) is 145 Å². The van der Waals surface area contributed by atoms with Gasteiger partial charge in [0.1, 0.15) is 45.1 Å². The second-order valence-electron chi connectivity index (χ2n) is 37.6. The predicted octanol–water partition coefficient (Wildman–Crippen LogP) is 13.9. The number of rotatable bonds is 29. The number of aliphatic hydroxyl groups excluding tert-OH is 2. The average Bonchev–Trinajstić information content (AvgIpc) is 0.797. The lowest BCUT2D eigenvalue weighted by Crippen LogP contribution is -2.36. The van der Waals surface area contributed by atoms with Gasteiger partial charge in [-0.25, -0.2) is 59.8 Å². The molecule has 10 aliphatic rings. The van der Waals surface area contributed by atoms with Gasteiger partial charge in [0.2, 0.25) is 23.8 Å². The number of morpholine rings is 4. The van der Waals surface area contributed by atoms with Crippen LogP contribution in [0.5, 0.6) is 34.5 Å². The number of anilines is 8. The van der Waals surface area contributed by atoms with Crippen LogP contribution in [-0.2, 0) is 28.4 Å². The molecule has 8 aromatic heterocycles. The van der Waals surface area contributed by atoms with Gasteiger partial charge in [-0.2, -0.15) is 26.3 Å². The van der Waals surface area contributed by atoms with E-state index in [4.69, 9.17) is 56.8 Å². The van der Waals surface area contributed by atoms with Crippen LogP contribution in [0.4, 0.5) is 72.9 Å². The Morgan fingerprint density at radius 1 is 0.303 bits per heavy atom. The van der Waals surface area contributed by atoms with E-state index in [1.807, 2.05) is 24.3 Å². The molecule has 4 aromatic carbocycles. The highest BCUT2D eigenvalue weighted by atomic mass is 19.4. The number of aromatic nitrogens is 16. The van der Waals surface area contributed by atoms with Crippen molar-refractivity contribution in [3.8, 4) is 34.5 Å². The molecule has 10 fully saturated rings. The Balaban J connectivity index is 0.000000122.